The standard InChI is InChI=1S/C15H16BClN2O2/c1-20-16(21-2)19-15(11-6-4-3-5-7-11)13-10-12(17)8-9-14(13)18/h3-10H,18H2,1-2H3/b19-15-. The first kappa shape index (κ1) is 15.6. The maximum atomic E-state index is 6.08. The zero-order valence-corrected chi connectivity index (χ0v) is 12.7. The highest BCUT2D eigenvalue weighted by molar-refractivity contribution is 6.46. The van der Waals surface area contributed by atoms with Crippen molar-refractivity contribution in [2.24, 2.45) is 4.90 Å². The number of rotatable bonds is 5. The monoisotopic (exact) mass is 302 g/mol. The third-order valence-electron chi connectivity index (χ3n) is 2.96. The number of nitrogens with zero attached hydrogens (tertiary/aromatic N) is 1. The molecule has 0 heterocycles. The minimum absolute atomic E-state index is 0.591. The molecule has 108 valence electrons. The van der Waals surface area contributed by atoms with Crippen molar-refractivity contribution < 1.29 is 9.31 Å². The molecule has 0 saturated carbocycles. The predicted molar refractivity (Wildman–Crippen MR) is 87.7 cm³/mol. The number of benzene rings is 2. The Morgan fingerprint density at radius 1 is 1.10 bits per heavy atom. The van der Waals surface area contributed by atoms with Crippen LogP contribution in [0.4, 0.5) is 5.69 Å². The molecule has 0 bridgehead atoms. The summed E-state index contributed by atoms with van der Waals surface area (Å²) >= 11 is 6.08. The molecule has 0 aromatic heterocycles. The van der Waals surface area contributed by atoms with Gasteiger partial charge in [-0.05, 0) is 23.8 Å². The Labute approximate surface area is 129 Å². The van der Waals surface area contributed by atoms with Crippen molar-refractivity contribution >= 4 is 30.3 Å². The normalized spacial score (nSPS) is 11.5. The van der Waals surface area contributed by atoms with E-state index < -0.39 is 7.25 Å². The smallest absolute Gasteiger partial charge is 0.398 e. The van der Waals surface area contributed by atoms with E-state index in [1.807, 2.05) is 30.3 Å². The van der Waals surface area contributed by atoms with E-state index in [1.54, 1.807) is 18.2 Å². The first-order valence-corrected chi connectivity index (χ1v) is 6.77. The quantitative estimate of drug-likeness (QED) is 0.525. The van der Waals surface area contributed by atoms with Crippen molar-refractivity contribution in [3.63, 3.8) is 0 Å². The summed E-state index contributed by atoms with van der Waals surface area (Å²) in [6.07, 6.45) is 0. The van der Waals surface area contributed by atoms with Gasteiger partial charge in [-0.1, -0.05) is 41.9 Å². The van der Waals surface area contributed by atoms with Gasteiger partial charge in [0.05, 0.1) is 5.71 Å². The van der Waals surface area contributed by atoms with Crippen LogP contribution < -0.4 is 5.73 Å². The first-order valence-electron chi connectivity index (χ1n) is 6.40. The molecule has 0 aliphatic heterocycles. The molecule has 21 heavy (non-hydrogen) atoms. The van der Waals surface area contributed by atoms with Crippen LogP contribution >= 0.6 is 11.6 Å². The van der Waals surface area contributed by atoms with Gasteiger partial charge in [0.2, 0.25) is 0 Å². The largest absolute Gasteiger partial charge is 0.612 e. The Morgan fingerprint density at radius 2 is 1.76 bits per heavy atom. The molecule has 2 aromatic rings. The van der Waals surface area contributed by atoms with Gasteiger partial charge >= 0.3 is 7.25 Å². The summed E-state index contributed by atoms with van der Waals surface area (Å²) in [5.74, 6) is 0. The number of anilines is 1. The molecule has 6 heteroatoms. The van der Waals surface area contributed by atoms with Gasteiger partial charge in [0.15, 0.2) is 0 Å². The van der Waals surface area contributed by atoms with E-state index in [2.05, 4.69) is 4.90 Å². The van der Waals surface area contributed by atoms with E-state index in [1.165, 1.54) is 14.2 Å². The lowest BCUT2D eigenvalue weighted by Crippen LogP contribution is -2.20. The second kappa shape index (κ2) is 7.27. The molecule has 0 aliphatic carbocycles. The van der Waals surface area contributed by atoms with E-state index in [4.69, 9.17) is 26.6 Å². The number of nitrogens with two attached hydrogens (primary N) is 1. The Balaban J connectivity index is 2.58. The molecular weight excluding hydrogens is 286 g/mol. The van der Waals surface area contributed by atoms with E-state index in [9.17, 15) is 0 Å². The number of halogens is 1. The Hall–Kier alpha value is -1.82. The Bertz CT molecular complexity index is 631. The minimum Gasteiger partial charge on any atom is -0.398 e. The van der Waals surface area contributed by atoms with Crippen molar-refractivity contribution in [1.82, 2.24) is 0 Å². The fourth-order valence-corrected chi connectivity index (χ4v) is 2.11. The van der Waals surface area contributed by atoms with Crippen LogP contribution in [-0.2, 0) is 9.31 Å². The maximum absolute atomic E-state index is 6.08. The lowest BCUT2D eigenvalue weighted by Gasteiger charge is -2.12. The molecule has 2 N–H and O–H groups in total. The second-order valence-electron chi connectivity index (χ2n) is 4.35. The molecule has 2 aromatic carbocycles. The highest BCUT2D eigenvalue weighted by Crippen LogP contribution is 2.22. The summed E-state index contributed by atoms with van der Waals surface area (Å²) in [5.41, 5.74) is 8.98. The van der Waals surface area contributed by atoms with Gasteiger partial charge in [-0.15, -0.1) is 0 Å². The average molecular weight is 303 g/mol. The molecule has 0 unspecified atom stereocenters. The van der Waals surface area contributed by atoms with Crippen LogP contribution in [0.1, 0.15) is 11.1 Å². The zero-order chi connectivity index (χ0) is 15.2. The maximum Gasteiger partial charge on any atom is 0.612 e. The fourth-order valence-electron chi connectivity index (χ4n) is 1.94. The van der Waals surface area contributed by atoms with Gasteiger partial charge in [0, 0.05) is 30.5 Å². The van der Waals surface area contributed by atoms with Crippen LogP contribution in [0.5, 0.6) is 0 Å². The molecule has 0 amide bonds. The van der Waals surface area contributed by atoms with Crippen LogP contribution in [0.3, 0.4) is 0 Å². The highest BCUT2D eigenvalue weighted by atomic mass is 35.5. The summed E-state index contributed by atoms with van der Waals surface area (Å²) in [4.78, 5) is 4.49. The molecule has 0 atom stereocenters. The van der Waals surface area contributed by atoms with Crippen molar-refractivity contribution in [2.75, 3.05) is 20.0 Å². The highest BCUT2D eigenvalue weighted by Gasteiger charge is 2.19. The van der Waals surface area contributed by atoms with Crippen LogP contribution in [0.25, 0.3) is 0 Å². The van der Waals surface area contributed by atoms with Gasteiger partial charge in [-0.25, -0.2) is 0 Å². The summed E-state index contributed by atoms with van der Waals surface area (Å²) in [7, 11) is 2.35. The molecule has 0 spiro atoms. The molecule has 2 rings (SSSR count). The van der Waals surface area contributed by atoms with E-state index in [-0.39, 0.29) is 0 Å². The van der Waals surface area contributed by atoms with Gasteiger partial charge in [0.25, 0.3) is 0 Å². The Kier molecular flexibility index (Phi) is 5.39. The molecule has 0 saturated heterocycles. The third kappa shape index (κ3) is 3.85. The summed E-state index contributed by atoms with van der Waals surface area (Å²) in [5, 5.41) is 0.592. The predicted octanol–water partition coefficient (Wildman–Crippen LogP) is 3.04. The number of hydrogen-bond acceptors (Lipinski definition) is 4. The first-order chi connectivity index (χ1) is 10.2. The van der Waals surface area contributed by atoms with Crippen molar-refractivity contribution in [1.29, 1.82) is 0 Å². The molecular formula is C15H16BClN2O2. The molecule has 0 radical (unpaired) electrons. The fraction of sp³-hybridized carbons (Fsp3) is 0.133. The van der Waals surface area contributed by atoms with Crippen LogP contribution in [0, 0.1) is 0 Å². The van der Waals surface area contributed by atoms with E-state index in [0.29, 0.717) is 16.4 Å². The van der Waals surface area contributed by atoms with Gasteiger partial charge in [0.1, 0.15) is 0 Å². The van der Waals surface area contributed by atoms with Crippen LogP contribution in [0.2, 0.25) is 5.02 Å². The van der Waals surface area contributed by atoms with Crippen molar-refractivity contribution in [2.45, 2.75) is 0 Å². The van der Waals surface area contributed by atoms with Crippen LogP contribution in [0.15, 0.2) is 53.4 Å². The number of hydrogen-bond donors (Lipinski definition) is 1. The summed E-state index contributed by atoms with van der Waals surface area (Å²) < 4.78 is 10.3. The Morgan fingerprint density at radius 3 is 2.38 bits per heavy atom. The van der Waals surface area contributed by atoms with E-state index >= 15 is 0 Å². The SMILES string of the molecule is COB(/N=C(/c1ccccc1)c1cc(Cl)ccc1N)OC. The minimum atomic E-state index is -0.710. The molecule has 4 nitrogen and oxygen atoms in total. The lowest BCUT2D eigenvalue weighted by atomic mass is 9.98. The lowest BCUT2D eigenvalue weighted by molar-refractivity contribution is 0.280. The van der Waals surface area contributed by atoms with E-state index in [0.717, 1.165) is 11.1 Å². The average Bonchev–Trinajstić information content (AvgIpc) is 2.52. The second-order valence-corrected chi connectivity index (χ2v) is 4.79. The zero-order valence-electron chi connectivity index (χ0n) is 11.9. The topological polar surface area (TPSA) is 56.8 Å². The van der Waals surface area contributed by atoms with Gasteiger partial charge < -0.3 is 15.0 Å². The third-order valence-corrected chi connectivity index (χ3v) is 3.19. The summed E-state index contributed by atoms with van der Waals surface area (Å²) in [6.45, 7) is 0. The van der Waals surface area contributed by atoms with Crippen LogP contribution in [-0.4, -0.2) is 27.2 Å². The van der Waals surface area contributed by atoms with Gasteiger partial charge in [-0.3, -0.25) is 4.90 Å². The van der Waals surface area contributed by atoms with Gasteiger partial charge in [-0.2, -0.15) is 0 Å². The van der Waals surface area contributed by atoms with Crippen molar-refractivity contribution in [3.05, 3.63) is 64.7 Å². The molecule has 0 aliphatic rings. The molecule has 0 fully saturated rings. The van der Waals surface area contributed by atoms with Crippen molar-refractivity contribution in [3.8, 4) is 0 Å². The number of nitrogen functional groups attached to an aromatic ring is 1. The summed E-state index contributed by atoms with van der Waals surface area (Å²) in [6, 6.07) is 15.0.